The Bertz CT molecular complexity index is 5900. The molecule has 6 aromatic heterocycles. The lowest BCUT2D eigenvalue weighted by molar-refractivity contribution is -0.385. The number of hydrogen-bond donors (Lipinski definition) is 4. The van der Waals surface area contributed by atoms with Gasteiger partial charge in [0, 0.05) is 142 Å². The molecule has 5 aliphatic carbocycles. The number of piperazine rings is 2. The highest BCUT2D eigenvalue weighted by atomic mass is 35.5. The highest BCUT2D eigenvalue weighted by molar-refractivity contribution is 7.90. The first-order valence-corrected chi connectivity index (χ1v) is 46.6. The van der Waals surface area contributed by atoms with Gasteiger partial charge in [-0.3, -0.25) is 39.6 Å². The van der Waals surface area contributed by atoms with Crippen LogP contribution in [0.5, 0.6) is 23.1 Å². The van der Waals surface area contributed by atoms with Gasteiger partial charge in [0.25, 0.3) is 43.2 Å². The predicted octanol–water partition coefficient (Wildman–Crippen LogP) is 17.8. The Balaban J connectivity index is 0.000000183. The number of carbonyl (C=O) groups is 2. The van der Waals surface area contributed by atoms with Crippen LogP contribution in [-0.2, 0) is 42.4 Å². The van der Waals surface area contributed by atoms with Gasteiger partial charge in [-0.25, -0.2) is 41.2 Å². The lowest BCUT2D eigenvalue weighted by atomic mass is 9.59. The molecule has 10 aromatic rings. The number of hydrogen-bond acceptors (Lipinski definition) is 22. The van der Waals surface area contributed by atoms with Crippen LogP contribution >= 0.6 is 23.2 Å². The summed E-state index contributed by atoms with van der Waals surface area (Å²) in [5.74, 6) is -0.405. The molecule has 124 heavy (non-hydrogen) atoms. The Morgan fingerprint density at radius 3 is 1.60 bits per heavy atom. The molecule has 2 saturated heterocycles. The van der Waals surface area contributed by atoms with Crippen molar-refractivity contribution in [3.63, 3.8) is 0 Å². The first kappa shape index (κ1) is 86.8. The van der Waals surface area contributed by atoms with Crippen LogP contribution in [0.2, 0.25) is 10.0 Å². The summed E-state index contributed by atoms with van der Waals surface area (Å²) < 4.78 is 81.7. The SMILES string of the molecule is COCCOCCCc1ccc(S(=O)(=O)NC(=O)c2ncc(N3CCN(CC4=C(c5ccc(Cl)cc5)CC5(CCC5)CC4)CC3)cc2Oc2cnc3[nH]ccc3c2)cc1[N+](=O)[O-].O=C(NS(=O)(=O)c1ccc(CCC2CCCCC2)c([N+](=O)[O-])c1)c1ccc(N2CCN(CC3=C(c4ccc(Cl)cc4)CC4(CCC4)CC3)CC2)nc1Oc1cnc2[nH]ccc2c1. The molecule has 4 aromatic carbocycles. The number of nitrogens with zero attached hydrogens (tertiary/aromatic N) is 10. The molecule has 5 fully saturated rings. The first-order valence-electron chi connectivity index (χ1n) is 42.9. The Labute approximate surface area is 730 Å². The summed E-state index contributed by atoms with van der Waals surface area (Å²) in [5, 5.41) is 27.2. The van der Waals surface area contributed by atoms with Gasteiger partial charge >= 0.3 is 0 Å². The van der Waals surface area contributed by atoms with E-state index < -0.39 is 46.6 Å². The highest BCUT2D eigenvalue weighted by Gasteiger charge is 2.43. The summed E-state index contributed by atoms with van der Waals surface area (Å²) in [7, 11) is -7.56. The van der Waals surface area contributed by atoms with Crippen molar-refractivity contribution >= 4 is 111 Å². The molecule has 8 heterocycles. The van der Waals surface area contributed by atoms with E-state index in [4.69, 9.17) is 47.1 Å². The molecule has 0 atom stereocenters. The topological polar surface area (TPSA) is 346 Å². The second-order valence-corrected chi connectivity index (χ2v) is 38.2. The number of fused-ring (bicyclic) bond motifs is 2. The molecule has 32 heteroatoms. The number of benzene rings is 4. The van der Waals surface area contributed by atoms with Crippen molar-refractivity contribution in [1.29, 1.82) is 0 Å². The Hall–Kier alpha value is -10.7. The van der Waals surface area contributed by atoms with Crippen LogP contribution in [0.4, 0.5) is 22.9 Å². The summed E-state index contributed by atoms with van der Waals surface area (Å²) >= 11 is 12.5. The predicted molar refractivity (Wildman–Crippen MR) is 477 cm³/mol. The van der Waals surface area contributed by atoms with Gasteiger partial charge in [0.05, 0.1) is 57.1 Å². The molecule has 2 spiro atoms. The van der Waals surface area contributed by atoms with Gasteiger partial charge in [-0.15, -0.1) is 0 Å². The molecule has 28 nitrogen and oxygen atoms in total. The number of nitro benzene ring substituents is 2. The molecular formula is C92H102Cl2N14O14S2. The van der Waals surface area contributed by atoms with E-state index in [2.05, 4.69) is 78.2 Å². The molecular weight excluding hydrogens is 1660 g/mol. The lowest BCUT2D eigenvalue weighted by Gasteiger charge is -2.47. The number of allylic oxidation sites excluding steroid dienone is 2. The number of nitrogens with one attached hydrogen (secondary N) is 4. The van der Waals surface area contributed by atoms with Gasteiger partial charge < -0.3 is 38.7 Å². The standard InChI is InChI=1S/C47H52ClN7O6S.C45H50ClN7O8S/c48-37-12-9-33(10-13-37)41-29-47(19-4-20-47)21-17-36(41)31-53-23-25-54(26-24-53)43-16-15-40(46(51-43)61-38-27-35-18-22-49-44(35)50-30-38)45(56)52-62(59,60)39-14-11-34(42(28-39)55(57)58)8-7-32-5-2-1-3-6-32;1-59-22-23-60-21-2-4-32-7-10-38(26-40(32)53(55)56)62(57,58)50-44(54)42-41(61-37-24-33-12-16-47-43(33)49-29-37)25-36(28-48-42)52-19-17-51(18-20-52)30-34-11-15-45(13-3-14-45)27-39(34)31-5-8-35(46)9-6-31/h9-16,18,22,27-28,30,32H,1-8,17,19-21,23-26,29,31H2,(H,49,50)(H,52,56);5-10,12,16,24-26,28-29H,2-4,11,13-15,17-23,27,30H2,1H3,(H,47,49)(H,50,54). The molecule has 2 amide bonds. The number of halogens is 2. The van der Waals surface area contributed by atoms with E-state index in [0.29, 0.717) is 121 Å². The zero-order valence-electron chi connectivity index (χ0n) is 69.4. The molecule has 2 aliphatic heterocycles. The number of sulfonamides is 2. The average Bonchev–Trinajstić information content (AvgIpc) is 0.964. The molecule has 0 bridgehead atoms. The van der Waals surface area contributed by atoms with Crippen LogP contribution < -0.4 is 28.7 Å². The zero-order valence-corrected chi connectivity index (χ0v) is 72.5. The number of amides is 2. The van der Waals surface area contributed by atoms with Gasteiger partial charge in [-0.1, -0.05) is 116 Å². The molecule has 0 unspecified atom stereocenters. The largest absolute Gasteiger partial charge is 0.453 e. The average molecular weight is 1760 g/mol. The normalized spacial score (nSPS) is 17.6. The van der Waals surface area contributed by atoms with E-state index in [1.807, 2.05) is 36.4 Å². The van der Waals surface area contributed by atoms with Crippen LogP contribution in [0, 0.1) is 37.0 Å². The monoisotopic (exact) mass is 1760 g/mol. The maximum Gasteiger partial charge on any atom is 0.287 e. The van der Waals surface area contributed by atoms with Gasteiger partial charge in [-0.05, 0) is 202 Å². The van der Waals surface area contributed by atoms with E-state index in [0.717, 1.165) is 130 Å². The summed E-state index contributed by atoms with van der Waals surface area (Å²) in [6.45, 7) is 8.95. The third-order valence-electron chi connectivity index (χ3n) is 26.0. The van der Waals surface area contributed by atoms with Crippen LogP contribution in [0.3, 0.4) is 0 Å². The first-order chi connectivity index (χ1) is 60.0. The number of nitro groups is 2. The molecule has 7 aliphatic rings. The van der Waals surface area contributed by atoms with Crippen molar-refractivity contribution in [2.24, 2.45) is 16.7 Å². The summed E-state index contributed by atoms with van der Waals surface area (Å²) in [6.07, 6.45) is 30.6. The minimum atomic E-state index is -4.58. The van der Waals surface area contributed by atoms with Crippen molar-refractivity contribution in [3.8, 4) is 23.1 Å². The number of rotatable bonds is 30. The van der Waals surface area contributed by atoms with Crippen molar-refractivity contribution < 1.29 is 55.2 Å². The van der Waals surface area contributed by atoms with E-state index in [9.17, 15) is 46.7 Å². The van der Waals surface area contributed by atoms with Crippen molar-refractivity contribution in [2.45, 2.75) is 145 Å². The number of aromatic amines is 2. The van der Waals surface area contributed by atoms with Crippen LogP contribution in [0.15, 0.2) is 179 Å². The molecule has 650 valence electrons. The smallest absolute Gasteiger partial charge is 0.287 e. The van der Waals surface area contributed by atoms with Gasteiger partial charge in [0.1, 0.15) is 34.2 Å². The van der Waals surface area contributed by atoms with Crippen LogP contribution in [0.1, 0.15) is 165 Å². The van der Waals surface area contributed by atoms with Crippen molar-refractivity contribution in [1.82, 2.24) is 49.1 Å². The van der Waals surface area contributed by atoms with Gasteiger partial charge in [0.2, 0.25) is 5.88 Å². The maximum absolute atomic E-state index is 13.9. The fourth-order valence-electron chi connectivity index (χ4n) is 18.6. The zero-order chi connectivity index (χ0) is 86.1. The highest BCUT2D eigenvalue weighted by Crippen LogP contribution is 2.57. The van der Waals surface area contributed by atoms with E-state index >= 15 is 0 Å². The van der Waals surface area contributed by atoms with E-state index in [1.54, 1.807) is 43.8 Å². The van der Waals surface area contributed by atoms with Gasteiger partial charge in [0.15, 0.2) is 11.4 Å². The van der Waals surface area contributed by atoms with E-state index in [-0.39, 0.29) is 45.6 Å². The number of anilines is 2. The Morgan fingerprint density at radius 2 is 1.08 bits per heavy atom. The number of aryl methyl sites for hydroxylation is 2. The Kier molecular flexibility index (Phi) is 26.9. The number of H-pyrrole nitrogens is 2. The quantitative estimate of drug-likeness (QED) is 0.0184. The van der Waals surface area contributed by atoms with E-state index in [1.165, 1.54) is 140 Å². The second-order valence-electron chi connectivity index (χ2n) is 33.9. The number of pyridine rings is 4. The fourth-order valence-corrected chi connectivity index (χ4v) is 20.8. The van der Waals surface area contributed by atoms with Crippen LogP contribution in [0.25, 0.3) is 33.2 Å². The third-order valence-corrected chi connectivity index (χ3v) is 29.1. The Morgan fingerprint density at radius 1 is 0.556 bits per heavy atom. The molecule has 4 N–H and O–H groups in total. The minimum absolute atomic E-state index is 0.0215. The fraction of sp³-hybridized carbons (Fsp3) is 0.413. The summed E-state index contributed by atoms with van der Waals surface area (Å²) in [4.78, 5) is 83.3. The molecule has 3 saturated carbocycles. The summed E-state index contributed by atoms with van der Waals surface area (Å²) in [6, 6.07) is 36.1. The van der Waals surface area contributed by atoms with Crippen molar-refractivity contribution in [3.05, 3.63) is 233 Å². The van der Waals surface area contributed by atoms with Crippen molar-refractivity contribution in [2.75, 3.05) is 102 Å². The number of methoxy groups -OCH3 is 1. The van der Waals surface area contributed by atoms with Gasteiger partial charge in [-0.2, -0.15) is 4.98 Å². The summed E-state index contributed by atoms with van der Waals surface area (Å²) in [5.41, 5.74) is 11.1. The number of ether oxygens (including phenoxy) is 4. The minimum Gasteiger partial charge on any atom is -0.453 e. The van der Waals surface area contributed by atoms with Crippen LogP contribution in [-0.4, -0.2) is 171 Å². The molecule has 17 rings (SSSR count). The number of carbonyl (C=O) groups excluding carboxylic acids is 2. The third kappa shape index (κ3) is 20.6. The second kappa shape index (κ2) is 38.4. The maximum atomic E-state index is 13.9. The number of aromatic nitrogens is 6. The molecule has 0 radical (unpaired) electrons. The lowest BCUT2D eigenvalue weighted by Crippen LogP contribution is -2.47.